The summed E-state index contributed by atoms with van der Waals surface area (Å²) in [6, 6.07) is 106. The van der Waals surface area contributed by atoms with Crippen molar-refractivity contribution in [3.63, 3.8) is 0 Å². The minimum atomic E-state index is 1.07. The quantitative estimate of drug-likeness (QED) is 0.121. The molecular weight excluding hydrogens is 1060 g/mol. The summed E-state index contributed by atoms with van der Waals surface area (Å²) >= 11 is 3.62. The van der Waals surface area contributed by atoms with Crippen molar-refractivity contribution in [2.24, 2.45) is 0 Å². The van der Waals surface area contributed by atoms with E-state index in [1.807, 2.05) is 17.5 Å². The number of thiophene rings is 2. The number of hydrogen-bond acceptors (Lipinski definition) is 5. The van der Waals surface area contributed by atoms with Gasteiger partial charge < -0.3 is 9.80 Å². The number of anilines is 6. The number of rotatable bonds is 11. The monoisotopic (exact) mass is 1110 g/mol. The first-order chi connectivity index (χ1) is 41.6. The van der Waals surface area contributed by atoms with Crippen molar-refractivity contribution in [3.05, 3.63) is 310 Å². The Balaban J connectivity index is 0.652. The van der Waals surface area contributed by atoms with Gasteiger partial charge in [-0.3, -0.25) is 0 Å². The number of para-hydroxylation sites is 2. The third-order valence-corrected chi connectivity index (χ3v) is 18.7. The van der Waals surface area contributed by atoms with Crippen molar-refractivity contribution < 1.29 is 4.57 Å². The van der Waals surface area contributed by atoms with Gasteiger partial charge in [-0.15, -0.1) is 22.7 Å². The lowest BCUT2D eigenvalue weighted by molar-refractivity contribution is -0.594. The van der Waals surface area contributed by atoms with E-state index in [1.54, 1.807) is 11.3 Å². The molecule has 16 aromatic rings. The first kappa shape index (κ1) is 49.3. The second-order valence-corrected chi connectivity index (χ2v) is 23.5. The van der Waals surface area contributed by atoms with Gasteiger partial charge in [0.2, 0.25) is 5.69 Å². The predicted molar refractivity (Wildman–Crippen MR) is 358 cm³/mol. The maximum atomic E-state index is 4.74. The van der Waals surface area contributed by atoms with Crippen LogP contribution in [0.3, 0.4) is 0 Å². The van der Waals surface area contributed by atoms with Crippen LogP contribution in [0.4, 0.5) is 34.1 Å². The minimum Gasteiger partial charge on any atom is -0.311 e. The van der Waals surface area contributed by atoms with E-state index in [4.69, 9.17) is 4.98 Å². The van der Waals surface area contributed by atoms with Crippen molar-refractivity contribution in [1.82, 2.24) is 4.98 Å². The zero-order valence-electron chi connectivity index (χ0n) is 45.6. The molecule has 0 aliphatic heterocycles. The molecule has 0 aliphatic carbocycles. The van der Waals surface area contributed by atoms with Gasteiger partial charge in [-0.2, -0.15) is 4.57 Å². The summed E-state index contributed by atoms with van der Waals surface area (Å²) in [5.74, 6) is 0. The van der Waals surface area contributed by atoms with Crippen molar-refractivity contribution in [2.75, 3.05) is 9.80 Å². The molecule has 0 aliphatic rings. The van der Waals surface area contributed by atoms with Crippen LogP contribution in [-0.4, -0.2) is 4.98 Å². The molecule has 12 aromatic carbocycles. The van der Waals surface area contributed by atoms with E-state index in [2.05, 4.69) is 318 Å². The Bertz CT molecular complexity index is 5110. The fourth-order valence-corrected chi connectivity index (χ4v) is 14.5. The zero-order valence-corrected chi connectivity index (χ0v) is 47.2. The van der Waals surface area contributed by atoms with Crippen LogP contribution in [0, 0.1) is 0 Å². The van der Waals surface area contributed by atoms with Crippen LogP contribution >= 0.6 is 22.7 Å². The lowest BCUT2D eigenvalue weighted by Gasteiger charge is -2.26. The second kappa shape index (κ2) is 20.8. The molecule has 0 unspecified atom stereocenters. The Kier molecular flexibility index (Phi) is 12.2. The van der Waals surface area contributed by atoms with E-state index in [-0.39, 0.29) is 0 Å². The van der Waals surface area contributed by atoms with E-state index in [1.165, 1.54) is 102 Å². The molecule has 0 saturated carbocycles. The third kappa shape index (κ3) is 8.93. The van der Waals surface area contributed by atoms with Gasteiger partial charge in [-0.25, -0.2) is 4.98 Å². The number of fused-ring (bicyclic) bond motifs is 8. The van der Waals surface area contributed by atoms with Crippen molar-refractivity contribution in [2.45, 2.75) is 0 Å². The van der Waals surface area contributed by atoms with Gasteiger partial charge in [0.25, 0.3) is 0 Å². The van der Waals surface area contributed by atoms with Crippen LogP contribution in [0.5, 0.6) is 0 Å². The van der Waals surface area contributed by atoms with Gasteiger partial charge in [-0.1, -0.05) is 170 Å². The zero-order chi connectivity index (χ0) is 55.5. The van der Waals surface area contributed by atoms with E-state index in [9.17, 15) is 0 Å². The first-order valence-electron chi connectivity index (χ1n) is 28.4. The lowest BCUT2D eigenvalue weighted by Crippen LogP contribution is -2.28. The van der Waals surface area contributed by atoms with Gasteiger partial charge in [0.1, 0.15) is 4.83 Å². The summed E-state index contributed by atoms with van der Waals surface area (Å²) in [5, 5.41) is 9.92. The Morgan fingerprint density at radius 3 is 1.44 bits per heavy atom. The molecule has 4 heterocycles. The maximum absolute atomic E-state index is 4.74. The Morgan fingerprint density at radius 1 is 0.310 bits per heavy atom. The first-order valence-corrected chi connectivity index (χ1v) is 30.0. The largest absolute Gasteiger partial charge is 0.311 e. The normalized spacial score (nSPS) is 11.6. The van der Waals surface area contributed by atoms with Gasteiger partial charge >= 0.3 is 0 Å². The predicted octanol–water partition coefficient (Wildman–Crippen LogP) is 22.0. The highest BCUT2D eigenvalue weighted by atomic mass is 32.1. The highest BCUT2D eigenvalue weighted by Crippen LogP contribution is 2.44. The summed E-state index contributed by atoms with van der Waals surface area (Å²) in [4.78, 5) is 10.5. The van der Waals surface area contributed by atoms with Crippen LogP contribution in [0.1, 0.15) is 0 Å². The Morgan fingerprint density at radius 2 is 0.798 bits per heavy atom. The maximum Gasteiger partial charge on any atom is 0.211 e. The summed E-state index contributed by atoms with van der Waals surface area (Å²) in [7, 11) is 0. The van der Waals surface area contributed by atoms with E-state index < -0.39 is 0 Å². The number of aromatic nitrogens is 2. The third-order valence-electron chi connectivity index (χ3n) is 16.4. The summed E-state index contributed by atoms with van der Waals surface area (Å²) in [6.07, 6.45) is 6.43. The number of nitrogens with zero attached hydrogens (tertiary/aromatic N) is 4. The van der Waals surface area contributed by atoms with Crippen molar-refractivity contribution in [3.8, 4) is 50.2 Å². The fraction of sp³-hybridized carbons (Fsp3) is 0. The molecule has 0 bridgehead atoms. The van der Waals surface area contributed by atoms with E-state index >= 15 is 0 Å². The average molecular weight is 1110 g/mol. The summed E-state index contributed by atoms with van der Waals surface area (Å²) in [5.41, 5.74) is 17.3. The van der Waals surface area contributed by atoms with Crippen molar-refractivity contribution >= 4 is 119 Å². The highest BCUT2D eigenvalue weighted by molar-refractivity contribution is 7.26. The summed E-state index contributed by atoms with van der Waals surface area (Å²) < 4.78 is 6.06. The Labute approximate surface area is 494 Å². The van der Waals surface area contributed by atoms with E-state index in [0.29, 0.717) is 0 Å². The van der Waals surface area contributed by atoms with Gasteiger partial charge in [0.15, 0.2) is 12.4 Å². The molecule has 84 heavy (non-hydrogen) atoms. The molecule has 0 N–H and O–H groups in total. The molecule has 4 aromatic heterocycles. The Hall–Kier alpha value is -10.5. The van der Waals surface area contributed by atoms with Gasteiger partial charge in [0.05, 0.1) is 4.70 Å². The fourth-order valence-electron chi connectivity index (χ4n) is 12.2. The molecule has 0 amide bonds. The molecule has 16 rings (SSSR count). The van der Waals surface area contributed by atoms with Crippen molar-refractivity contribution in [1.29, 1.82) is 0 Å². The highest BCUT2D eigenvalue weighted by Gasteiger charge is 2.20. The number of hydrogen-bond donors (Lipinski definition) is 0. The molecular formula is C78H51N4S2+. The van der Waals surface area contributed by atoms with Crippen LogP contribution in [0.15, 0.2) is 310 Å². The molecule has 0 atom stereocenters. The van der Waals surface area contributed by atoms with Crippen LogP contribution in [-0.2, 0) is 0 Å². The number of benzene rings is 12. The standard InChI is InChI=1S/C78H51N4S2/c1-3-14-62(15-4-1)81(66-39-30-55(31-40-66)69-44-46-79-78-76(69)73-18-9-10-21-74(73)84-78)64-37-28-54(29-38-64)59-24-25-61-50-68(43-34-60(61)49-59)80-47-45-71-72-20-11-19-70(77(72)83-75(71)51-80)56-32-41-67(42-33-56)82(63-16-5-2-6-17-63)65-35-26-53(27-36-65)58-23-22-52-12-7-8-13-57(52)48-58/h1-51H/q+1. The van der Waals surface area contributed by atoms with E-state index in [0.717, 1.165) is 44.6 Å². The molecule has 0 saturated heterocycles. The topological polar surface area (TPSA) is 23.2 Å². The average Bonchev–Trinajstić information content (AvgIpc) is 4.36. The molecule has 0 radical (unpaired) electrons. The second-order valence-electron chi connectivity index (χ2n) is 21.4. The molecule has 0 spiro atoms. The molecule has 6 heteroatoms. The van der Waals surface area contributed by atoms with Gasteiger partial charge in [0, 0.05) is 89.5 Å². The lowest BCUT2D eigenvalue weighted by atomic mass is 10.00. The van der Waals surface area contributed by atoms with Crippen LogP contribution < -0.4 is 14.4 Å². The van der Waals surface area contributed by atoms with Gasteiger partial charge in [-0.05, 0) is 169 Å². The number of pyridine rings is 2. The molecule has 394 valence electrons. The SMILES string of the molecule is c1ccc(N(c2ccc(-c3ccc4ccccc4c3)cc2)c2ccc(-c3cccc4c3sc3c[n+](-c5ccc6cc(-c7ccc(N(c8ccccc8)c8ccc(-c9ccnc%10sc%11ccccc%11c9%10)cc8)cc7)ccc6c5)ccc34)cc2)cc1. The van der Waals surface area contributed by atoms with Crippen LogP contribution in [0.25, 0.3) is 112 Å². The minimum absolute atomic E-state index is 1.07. The smallest absolute Gasteiger partial charge is 0.211 e. The molecule has 4 nitrogen and oxygen atoms in total. The summed E-state index contributed by atoms with van der Waals surface area (Å²) in [6.45, 7) is 0. The van der Waals surface area contributed by atoms with Crippen LogP contribution in [0.2, 0.25) is 0 Å². The molecule has 0 fully saturated rings.